The minimum atomic E-state index is -0.502. The van der Waals surface area contributed by atoms with E-state index in [0.29, 0.717) is 18.6 Å². The van der Waals surface area contributed by atoms with Gasteiger partial charge in [0.2, 0.25) is 0 Å². The summed E-state index contributed by atoms with van der Waals surface area (Å²) >= 11 is 0. The van der Waals surface area contributed by atoms with E-state index in [2.05, 4.69) is 0 Å². The standard InChI is InChI=1S/C10H11NO4/c1-2-3-10(12)15-9-6-4-8(5-7-9)11(13)14/h4-7H,2-3H2,1H3. The Morgan fingerprint density at radius 2 is 2.00 bits per heavy atom. The fraction of sp³-hybridized carbons (Fsp3) is 0.300. The topological polar surface area (TPSA) is 69.4 Å². The van der Waals surface area contributed by atoms with Crippen LogP contribution in [0.1, 0.15) is 19.8 Å². The number of benzene rings is 1. The Bertz CT molecular complexity index is 358. The Morgan fingerprint density at radius 3 is 2.47 bits per heavy atom. The van der Waals surface area contributed by atoms with Crippen LogP contribution in [0.3, 0.4) is 0 Å². The monoisotopic (exact) mass is 209 g/mol. The summed E-state index contributed by atoms with van der Waals surface area (Å²) in [6.45, 7) is 1.87. The van der Waals surface area contributed by atoms with Gasteiger partial charge in [0.1, 0.15) is 5.75 Å². The molecule has 0 saturated carbocycles. The highest BCUT2D eigenvalue weighted by Gasteiger charge is 2.06. The molecule has 0 spiro atoms. The van der Waals surface area contributed by atoms with Gasteiger partial charge in [-0.25, -0.2) is 0 Å². The van der Waals surface area contributed by atoms with Crippen molar-refractivity contribution >= 4 is 11.7 Å². The number of carbonyl (C=O) groups excluding carboxylic acids is 1. The van der Waals surface area contributed by atoms with Gasteiger partial charge in [0.05, 0.1) is 4.92 Å². The van der Waals surface area contributed by atoms with Crippen LogP contribution in [0.5, 0.6) is 5.75 Å². The van der Waals surface area contributed by atoms with Crippen LogP contribution in [0.15, 0.2) is 24.3 Å². The molecule has 5 heteroatoms. The van der Waals surface area contributed by atoms with Gasteiger partial charge in [-0.1, -0.05) is 6.92 Å². The van der Waals surface area contributed by atoms with Gasteiger partial charge in [0, 0.05) is 18.6 Å². The van der Waals surface area contributed by atoms with Crippen LogP contribution in [0.2, 0.25) is 0 Å². The Morgan fingerprint density at radius 1 is 1.40 bits per heavy atom. The highest BCUT2D eigenvalue weighted by molar-refractivity contribution is 5.72. The van der Waals surface area contributed by atoms with Gasteiger partial charge in [0.15, 0.2) is 0 Å². The van der Waals surface area contributed by atoms with Gasteiger partial charge in [-0.05, 0) is 18.6 Å². The Hall–Kier alpha value is -1.91. The second-order valence-electron chi connectivity index (χ2n) is 2.98. The zero-order valence-corrected chi connectivity index (χ0v) is 8.30. The Labute approximate surface area is 86.8 Å². The maximum absolute atomic E-state index is 11.1. The minimum absolute atomic E-state index is 0.0229. The van der Waals surface area contributed by atoms with Crippen LogP contribution in [0.25, 0.3) is 0 Å². The van der Waals surface area contributed by atoms with Crippen molar-refractivity contribution in [3.63, 3.8) is 0 Å². The molecule has 1 aromatic rings. The maximum atomic E-state index is 11.1. The first-order valence-corrected chi connectivity index (χ1v) is 4.58. The lowest BCUT2D eigenvalue weighted by Crippen LogP contribution is -2.06. The SMILES string of the molecule is CCCC(=O)Oc1ccc([N+](=O)[O-])cc1. The number of ether oxygens (including phenoxy) is 1. The van der Waals surface area contributed by atoms with Crippen LogP contribution in [-0.2, 0) is 4.79 Å². The third kappa shape index (κ3) is 3.38. The average Bonchev–Trinajstić information content (AvgIpc) is 2.18. The van der Waals surface area contributed by atoms with Gasteiger partial charge in [-0.2, -0.15) is 0 Å². The predicted molar refractivity (Wildman–Crippen MR) is 53.6 cm³/mol. The summed E-state index contributed by atoms with van der Waals surface area (Å²) in [6.07, 6.45) is 1.06. The zero-order valence-electron chi connectivity index (χ0n) is 8.30. The van der Waals surface area contributed by atoms with E-state index in [9.17, 15) is 14.9 Å². The van der Waals surface area contributed by atoms with Crippen LogP contribution >= 0.6 is 0 Å². The normalized spacial score (nSPS) is 9.67. The second kappa shape index (κ2) is 5.09. The molecule has 15 heavy (non-hydrogen) atoms. The van der Waals surface area contributed by atoms with Crippen molar-refractivity contribution in [3.8, 4) is 5.75 Å². The number of non-ortho nitro benzene ring substituents is 1. The van der Waals surface area contributed by atoms with Gasteiger partial charge in [-0.15, -0.1) is 0 Å². The maximum Gasteiger partial charge on any atom is 0.311 e. The lowest BCUT2D eigenvalue weighted by molar-refractivity contribution is -0.384. The predicted octanol–water partition coefficient (Wildman–Crippen LogP) is 2.30. The van der Waals surface area contributed by atoms with E-state index in [0.717, 1.165) is 0 Å². The van der Waals surface area contributed by atoms with E-state index in [1.54, 1.807) is 0 Å². The number of hydrogen-bond donors (Lipinski definition) is 0. The fourth-order valence-corrected chi connectivity index (χ4v) is 1.02. The van der Waals surface area contributed by atoms with Crippen LogP contribution in [0, 0.1) is 10.1 Å². The molecule has 80 valence electrons. The molecule has 1 aromatic carbocycles. The summed E-state index contributed by atoms with van der Waals surface area (Å²) in [5.74, 6) is 0.00500. The summed E-state index contributed by atoms with van der Waals surface area (Å²) in [4.78, 5) is 20.9. The molecule has 0 radical (unpaired) electrons. The molecule has 0 aliphatic carbocycles. The summed E-state index contributed by atoms with van der Waals surface area (Å²) in [5.41, 5.74) is -0.0229. The largest absolute Gasteiger partial charge is 0.427 e. The van der Waals surface area contributed by atoms with Crippen molar-refractivity contribution in [1.29, 1.82) is 0 Å². The Balaban J connectivity index is 2.64. The van der Waals surface area contributed by atoms with Crippen molar-refractivity contribution in [3.05, 3.63) is 34.4 Å². The number of rotatable bonds is 4. The highest BCUT2D eigenvalue weighted by Crippen LogP contribution is 2.17. The molecular weight excluding hydrogens is 198 g/mol. The lowest BCUT2D eigenvalue weighted by Gasteiger charge is -2.02. The van der Waals surface area contributed by atoms with Gasteiger partial charge < -0.3 is 4.74 Å². The first-order valence-electron chi connectivity index (χ1n) is 4.58. The van der Waals surface area contributed by atoms with E-state index in [1.807, 2.05) is 6.92 Å². The van der Waals surface area contributed by atoms with E-state index < -0.39 is 4.92 Å². The number of carbonyl (C=O) groups is 1. The quantitative estimate of drug-likeness (QED) is 0.330. The highest BCUT2D eigenvalue weighted by atomic mass is 16.6. The third-order valence-corrected chi connectivity index (χ3v) is 1.73. The molecule has 5 nitrogen and oxygen atoms in total. The molecule has 0 saturated heterocycles. The smallest absolute Gasteiger partial charge is 0.311 e. The van der Waals surface area contributed by atoms with Gasteiger partial charge in [-0.3, -0.25) is 14.9 Å². The Kier molecular flexibility index (Phi) is 3.79. The van der Waals surface area contributed by atoms with E-state index in [-0.39, 0.29) is 11.7 Å². The molecule has 1 rings (SSSR count). The molecule has 0 unspecified atom stereocenters. The summed E-state index contributed by atoms with van der Waals surface area (Å²) in [5, 5.41) is 10.3. The minimum Gasteiger partial charge on any atom is -0.427 e. The van der Waals surface area contributed by atoms with E-state index >= 15 is 0 Å². The number of esters is 1. The molecule has 0 amide bonds. The molecule has 0 aliphatic rings. The number of hydrogen-bond acceptors (Lipinski definition) is 4. The van der Waals surface area contributed by atoms with Gasteiger partial charge >= 0.3 is 5.97 Å². The fourth-order valence-electron chi connectivity index (χ4n) is 1.02. The molecular formula is C10H11NO4. The first-order chi connectivity index (χ1) is 7.13. The summed E-state index contributed by atoms with van der Waals surface area (Å²) in [7, 11) is 0. The third-order valence-electron chi connectivity index (χ3n) is 1.73. The lowest BCUT2D eigenvalue weighted by atomic mass is 10.3. The number of nitro groups is 1. The van der Waals surface area contributed by atoms with Crippen LogP contribution < -0.4 is 4.74 Å². The van der Waals surface area contributed by atoms with E-state index in [4.69, 9.17) is 4.74 Å². The second-order valence-corrected chi connectivity index (χ2v) is 2.98. The molecule has 0 atom stereocenters. The summed E-state index contributed by atoms with van der Waals surface area (Å²) < 4.78 is 4.93. The molecule has 0 bridgehead atoms. The molecule has 0 fully saturated rings. The van der Waals surface area contributed by atoms with Crippen molar-refractivity contribution in [2.75, 3.05) is 0 Å². The molecule has 0 aromatic heterocycles. The summed E-state index contributed by atoms with van der Waals surface area (Å²) in [6, 6.07) is 5.42. The number of nitrogens with zero attached hydrogens (tertiary/aromatic N) is 1. The van der Waals surface area contributed by atoms with Crippen molar-refractivity contribution in [2.45, 2.75) is 19.8 Å². The van der Waals surface area contributed by atoms with Crippen molar-refractivity contribution < 1.29 is 14.5 Å². The molecule has 0 aliphatic heterocycles. The zero-order chi connectivity index (χ0) is 11.3. The molecule has 0 N–H and O–H groups in total. The van der Waals surface area contributed by atoms with Gasteiger partial charge in [0.25, 0.3) is 5.69 Å². The average molecular weight is 209 g/mol. The molecule has 0 heterocycles. The number of nitro benzene ring substituents is 1. The van der Waals surface area contributed by atoms with Crippen molar-refractivity contribution in [1.82, 2.24) is 0 Å². The van der Waals surface area contributed by atoms with Crippen molar-refractivity contribution in [2.24, 2.45) is 0 Å². The van der Waals surface area contributed by atoms with Crippen LogP contribution in [0.4, 0.5) is 5.69 Å². The van der Waals surface area contributed by atoms with Crippen LogP contribution in [-0.4, -0.2) is 10.9 Å². The van der Waals surface area contributed by atoms with E-state index in [1.165, 1.54) is 24.3 Å². The first kappa shape index (κ1) is 11.2.